The molecule has 3 aromatic heterocycles. The van der Waals surface area contributed by atoms with Gasteiger partial charge in [-0.1, -0.05) is 16.4 Å². The molecule has 1 aliphatic heterocycles. The fraction of sp³-hybridized carbons (Fsp3) is 0.227. The number of halogens is 3. The van der Waals surface area contributed by atoms with Crippen LogP contribution in [0.3, 0.4) is 0 Å². The van der Waals surface area contributed by atoms with Crippen LogP contribution in [0.1, 0.15) is 11.4 Å². The Hall–Kier alpha value is -4.46. The number of carbonyl (C=O) groups is 1. The van der Waals surface area contributed by atoms with Crippen LogP contribution in [0.4, 0.5) is 29.5 Å². The summed E-state index contributed by atoms with van der Waals surface area (Å²) in [7, 11) is 0. The molecule has 1 saturated heterocycles. The van der Waals surface area contributed by atoms with Crippen LogP contribution >= 0.6 is 0 Å². The molecule has 36 heavy (non-hydrogen) atoms. The summed E-state index contributed by atoms with van der Waals surface area (Å²) < 4.78 is 54.8. The van der Waals surface area contributed by atoms with Gasteiger partial charge in [-0.25, -0.2) is 18.0 Å². The number of nitrogens with zero attached hydrogens (tertiary/aromatic N) is 5. The Morgan fingerprint density at radius 1 is 1.14 bits per heavy atom. The smallest absolute Gasteiger partial charge is 0.414 e. The highest BCUT2D eigenvalue weighted by molar-refractivity contribution is 5.90. The lowest BCUT2D eigenvalue weighted by molar-refractivity contribution is 0.147. The molecule has 0 radical (unpaired) electrons. The van der Waals surface area contributed by atoms with E-state index in [4.69, 9.17) is 9.26 Å². The van der Waals surface area contributed by atoms with E-state index in [2.05, 4.69) is 36.2 Å². The molecule has 0 aliphatic carbocycles. The number of nitrogens with one attached hydrogen (secondary N) is 3. The quantitative estimate of drug-likeness (QED) is 0.297. The predicted molar refractivity (Wildman–Crippen MR) is 119 cm³/mol. The Morgan fingerprint density at radius 3 is 2.75 bits per heavy atom. The number of anilines is 2. The van der Waals surface area contributed by atoms with Gasteiger partial charge in [0.1, 0.15) is 18.2 Å². The Morgan fingerprint density at radius 2 is 2.03 bits per heavy atom. The first-order valence-electron chi connectivity index (χ1n) is 10.8. The van der Waals surface area contributed by atoms with Gasteiger partial charge >= 0.3 is 6.09 Å². The number of cyclic esters (lactones) is 1. The summed E-state index contributed by atoms with van der Waals surface area (Å²) in [6, 6.07) is 5.35. The van der Waals surface area contributed by atoms with Crippen molar-refractivity contribution in [3.05, 3.63) is 71.8 Å². The summed E-state index contributed by atoms with van der Waals surface area (Å²) in [5, 5.41) is 19.7. The van der Waals surface area contributed by atoms with E-state index in [-0.39, 0.29) is 18.7 Å². The second-order valence-corrected chi connectivity index (χ2v) is 7.89. The number of amides is 1. The molecule has 3 N–H and O–H groups in total. The SMILES string of the molecule is O=C1O[C@@H](CNc2ccon2)CN1c1cc(F)c(-c2ccc(CNCc3cnn[nH]3)nc2)c(F)c1F. The summed E-state index contributed by atoms with van der Waals surface area (Å²) in [6.45, 7) is 0.880. The maximum Gasteiger partial charge on any atom is 0.414 e. The van der Waals surface area contributed by atoms with Crippen molar-refractivity contribution in [1.29, 1.82) is 0 Å². The Kier molecular flexibility index (Phi) is 6.49. The van der Waals surface area contributed by atoms with E-state index in [1.165, 1.54) is 18.5 Å². The van der Waals surface area contributed by atoms with Gasteiger partial charge in [0.2, 0.25) is 0 Å². The van der Waals surface area contributed by atoms with Crippen LogP contribution in [0, 0.1) is 17.5 Å². The molecule has 4 heterocycles. The average molecular weight is 500 g/mol. The van der Waals surface area contributed by atoms with Crippen molar-refractivity contribution in [2.24, 2.45) is 0 Å². The highest BCUT2D eigenvalue weighted by atomic mass is 19.2. The van der Waals surface area contributed by atoms with Crippen LogP contribution < -0.4 is 15.5 Å². The molecule has 1 amide bonds. The number of hydrogen-bond donors (Lipinski definition) is 3. The van der Waals surface area contributed by atoms with E-state index in [0.717, 1.165) is 16.7 Å². The van der Waals surface area contributed by atoms with Gasteiger partial charge in [0.05, 0.1) is 41.9 Å². The van der Waals surface area contributed by atoms with Crippen molar-refractivity contribution in [2.45, 2.75) is 19.2 Å². The number of carbonyl (C=O) groups excluding carboxylic acids is 1. The van der Waals surface area contributed by atoms with Crippen LogP contribution in [0.15, 0.2) is 47.4 Å². The van der Waals surface area contributed by atoms with E-state index < -0.39 is 40.9 Å². The first-order chi connectivity index (χ1) is 17.5. The van der Waals surface area contributed by atoms with Crippen molar-refractivity contribution in [1.82, 2.24) is 30.9 Å². The van der Waals surface area contributed by atoms with Gasteiger partial charge in [-0.05, 0) is 6.07 Å². The van der Waals surface area contributed by atoms with Gasteiger partial charge in [-0.2, -0.15) is 0 Å². The maximum atomic E-state index is 15.0. The van der Waals surface area contributed by atoms with Gasteiger partial charge < -0.3 is 19.9 Å². The van der Waals surface area contributed by atoms with Crippen molar-refractivity contribution in [3.63, 3.8) is 0 Å². The lowest BCUT2D eigenvalue weighted by Gasteiger charge is -2.17. The second-order valence-electron chi connectivity index (χ2n) is 7.89. The zero-order valence-electron chi connectivity index (χ0n) is 18.5. The number of benzene rings is 1. The lowest BCUT2D eigenvalue weighted by Crippen LogP contribution is -2.28. The topological polar surface area (TPSA) is 134 Å². The summed E-state index contributed by atoms with van der Waals surface area (Å²) in [5.41, 5.74) is 0.309. The fourth-order valence-corrected chi connectivity index (χ4v) is 3.70. The van der Waals surface area contributed by atoms with Crippen LogP contribution in [0.5, 0.6) is 0 Å². The summed E-state index contributed by atoms with van der Waals surface area (Å²) in [4.78, 5) is 17.3. The molecule has 11 nitrogen and oxygen atoms in total. The van der Waals surface area contributed by atoms with E-state index in [9.17, 15) is 13.6 Å². The molecule has 0 saturated carbocycles. The van der Waals surface area contributed by atoms with E-state index in [1.807, 2.05) is 0 Å². The number of rotatable bonds is 9. The Labute approximate surface area is 201 Å². The predicted octanol–water partition coefficient (Wildman–Crippen LogP) is 3.00. The highest BCUT2D eigenvalue weighted by Crippen LogP contribution is 2.34. The third kappa shape index (κ3) is 4.84. The molecular formula is C22H19F3N8O3. The molecule has 0 bridgehead atoms. The third-order valence-electron chi connectivity index (χ3n) is 5.45. The number of pyridine rings is 1. The lowest BCUT2D eigenvalue weighted by atomic mass is 10.0. The van der Waals surface area contributed by atoms with Crippen LogP contribution in [-0.4, -0.2) is 50.8 Å². The maximum absolute atomic E-state index is 15.0. The van der Waals surface area contributed by atoms with Crippen molar-refractivity contribution in [2.75, 3.05) is 23.3 Å². The van der Waals surface area contributed by atoms with E-state index in [1.54, 1.807) is 18.3 Å². The first kappa shape index (κ1) is 23.3. The number of aromatic nitrogens is 5. The monoisotopic (exact) mass is 500 g/mol. The number of ether oxygens (including phenoxy) is 1. The van der Waals surface area contributed by atoms with Crippen LogP contribution in [0.2, 0.25) is 0 Å². The van der Waals surface area contributed by atoms with Crippen LogP contribution in [0.25, 0.3) is 11.1 Å². The molecule has 14 heteroatoms. The van der Waals surface area contributed by atoms with Crippen molar-refractivity contribution >= 4 is 17.6 Å². The average Bonchev–Trinajstić information content (AvgIpc) is 3.64. The van der Waals surface area contributed by atoms with Gasteiger partial charge in [0.15, 0.2) is 17.5 Å². The molecule has 1 atom stereocenters. The van der Waals surface area contributed by atoms with Crippen molar-refractivity contribution < 1.29 is 27.2 Å². The number of hydrogen-bond acceptors (Lipinski definition) is 9. The Bertz CT molecular complexity index is 1330. The van der Waals surface area contributed by atoms with Gasteiger partial charge in [0, 0.05) is 37.0 Å². The summed E-state index contributed by atoms with van der Waals surface area (Å²) in [6.07, 6.45) is 2.57. The summed E-state index contributed by atoms with van der Waals surface area (Å²) in [5.74, 6) is -3.42. The second kappa shape index (κ2) is 10.0. The van der Waals surface area contributed by atoms with E-state index in [0.29, 0.717) is 24.6 Å². The zero-order chi connectivity index (χ0) is 25.1. The molecule has 1 fully saturated rings. The van der Waals surface area contributed by atoms with Crippen LogP contribution in [-0.2, 0) is 17.8 Å². The molecule has 1 aliphatic rings. The molecule has 0 unspecified atom stereocenters. The molecule has 186 valence electrons. The van der Waals surface area contributed by atoms with Gasteiger partial charge in [-0.3, -0.25) is 15.0 Å². The van der Waals surface area contributed by atoms with Crippen molar-refractivity contribution in [3.8, 4) is 11.1 Å². The fourth-order valence-electron chi connectivity index (χ4n) is 3.70. The minimum atomic E-state index is -1.43. The summed E-state index contributed by atoms with van der Waals surface area (Å²) >= 11 is 0. The Balaban J connectivity index is 1.28. The van der Waals surface area contributed by atoms with Gasteiger partial charge in [-0.15, -0.1) is 5.10 Å². The minimum Gasteiger partial charge on any atom is -0.442 e. The highest BCUT2D eigenvalue weighted by Gasteiger charge is 2.36. The zero-order valence-corrected chi connectivity index (χ0v) is 18.5. The standard InChI is InChI=1S/C22H19F3N8O3/c23-16-5-17(33-11-15(36-22(33)34)10-28-18-3-4-35-31-18)20(24)21(25)19(16)12-1-2-13(27-6-12)7-26-8-14-9-29-32-30-14/h1-6,9,15,26H,7-8,10-11H2,(H,28,31)(H,29,30,32)/t15-/m0/s1. The molecular weight excluding hydrogens is 481 g/mol. The molecule has 4 aromatic rings. The molecule has 0 spiro atoms. The first-order valence-corrected chi connectivity index (χ1v) is 10.8. The number of aromatic amines is 1. The molecule has 1 aromatic carbocycles. The van der Waals surface area contributed by atoms with E-state index >= 15 is 4.39 Å². The third-order valence-corrected chi connectivity index (χ3v) is 5.45. The normalized spacial score (nSPS) is 15.4. The number of H-pyrrole nitrogens is 1. The van der Waals surface area contributed by atoms with Gasteiger partial charge in [0.25, 0.3) is 0 Å². The minimum absolute atomic E-state index is 0.0515. The molecule has 5 rings (SSSR count). The largest absolute Gasteiger partial charge is 0.442 e.